The number of quaternary nitrogens is 1. The highest BCUT2D eigenvalue weighted by atomic mass is 15.7. The van der Waals surface area contributed by atoms with Gasteiger partial charge in [0.2, 0.25) is 0 Å². The van der Waals surface area contributed by atoms with Crippen LogP contribution in [0.5, 0.6) is 0 Å². The van der Waals surface area contributed by atoms with E-state index in [0.717, 1.165) is 22.7 Å². The van der Waals surface area contributed by atoms with E-state index in [-0.39, 0.29) is 0 Å². The molecular formula is C11H24N3+. The van der Waals surface area contributed by atoms with Crippen LogP contribution < -0.4 is 5.43 Å². The average Bonchev–Trinajstić information content (AvgIpc) is 2.40. The molecule has 2 fully saturated rings. The summed E-state index contributed by atoms with van der Waals surface area (Å²) in [4.78, 5) is 2.73. The largest absolute Gasteiger partial charge is 0.284 e. The molecule has 0 aliphatic carbocycles. The van der Waals surface area contributed by atoms with Crippen molar-refractivity contribution in [3.63, 3.8) is 0 Å². The smallest absolute Gasteiger partial charge is 0.112 e. The highest BCUT2D eigenvalue weighted by Gasteiger charge is 2.47. The van der Waals surface area contributed by atoms with Crippen molar-refractivity contribution in [3.05, 3.63) is 0 Å². The first kappa shape index (κ1) is 10.4. The molecular weight excluding hydrogens is 174 g/mol. The van der Waals surface area contributed by atoms with Crippen LogP contribution in [0.2, 0.25) is 0 Å². The van der Waals surface area contributed by atoms with Gasteiger partial charge >= 0.3 is 0 Å². The molecule has 2 aliphatic heterocycles. The highest BCUT2D eigenvalue weighted by Crippen LogP contribution is 2.33. The van der Waals surface area contributed by atoms with E-state index in [2.05, 4.69) is 38.3 Å². The number of nitrogens with one attached hydrogen (secondary N) is 1. The predicted molar refractivity (Wildman–Crippen MR) is 58.8 cm³/mol. The lowest BCUT2D eigenvalue weighted by Crippen LogP contribution is -2.67. The monoisotopic (exact) mass is 198 g/mol. The third kappa shape index (κ3) is 1.58. The molecule has 0 spiro atoms. The van der Waals surface area contributed by atoms with Gasteiger partial charge in [-0.1, -0.05) is 0 Å². The van der Waals surface area contributed by atoms with Crippen LogP contribution in [0.1, 0.15) is 26.7 Å². The van der Waals surface area contributed by atoms with Crippen molar-refractivity contribution >= 4 is 0 Å². The second kappa shape index (κ2) is 3.47. The number of likely N-dealkylation sites (tertiary alicyclic amines) is 1. The quantitative estimate of drug-likeness (QED) is 0.661. The van der Waals surface area contributed by atoms with Gasteiger partial charge in [-0.05, 0) is 26.7 Å². The molecule has 2 rings (SSSR count). The summed E-state index contributed by atoms with van der Waals surface area (Å²) in [6, 6.07) is 2.34. The standard InChI is InChI=1S/C11H24N3/c1-9(2)13-10-5-6-11(13)8-14(4,7-10)12-3/h9-12H,5-8H2,1-4H3/q+1. The fourth-order valence-electron chi connectivity index (χ4n) is 3.38. The van der Waals surface area contributed by atoms with Crippen molar-refractivity contribution in [2.45, 2.75) is 44.8 Å². The van der Waals surface area contributed by atoms with Gasteiger partial charge in [-0.25, -0.2) is 4.59 Å². The Hall–Kier alpha value is -0.120. The van der Waals surface area contributed by atoms with Crippen molar-refractivity contribution in [3.8, 4) is 0 Å². The molecule has 0 aromatic rings. The molecule has 3 nitrogen and oxygen atoms in total. The molecule has 2 atom stereocenters. The number of nitrogens with zero attached hydrogens (tertiary/aromatic N) is 2. The van der Waals surface area contributed by atoms with Gasteiger partial charge in [0.15, 0.2) is 0 Å². The van der Waals surface area contributed by atoms with Crippen molar-refractivity contribution in [1.82, 2.24) is 10.3 Å². The summed E-state index contributed by atoms with van der Waals surface area (Å²) < 4.78 is 1.05. The van der Waals surface area contributed by atoms with Gasteiger partial charge in [0.1, 0.15) is 13.1 Å². The fraction of sp³-hybridized carbons (Fsp3) is 1.00. The Kier molecular flexibility index (Phi) is 2.58. The summed E-state index contributed by atoms with van der Waals surface area (Å²) in [5, 5.41) is 0. The molecule has 2 heterocycles. The normalized spacial score (nSPS) is 43.5. The third-order valence-electron chi connectivity index (χ3n) is 4.04. The minimum Gasteiger partial charge on any atom is -0.284 e. The summed E-state index contributed by atoms with van der Waals surface area (Å²) in [6.45, 7) is 7.21. The maximum atomic E-state index is 3.45. The molecule has 2 bridgehead atoms. The van der Waals surface area contributed by atoms with Gasteiger partial charge in [-0.2, -0.15) is 5.43 Å². The number of likely N-dealkylation sites (N-methyl/N-ethyl adjacent to an activating group) is 1. The second-order valence-electron chi connectivity index (χ2n) is 5.41. The fourth-order valence-corrected chi connectivity index (χ4v) is 3.38. The number of rotatable bonds is 2. The molecule has 3 heteroatoms. The molecule has 0 aromatic heterocycles. The van der Waals surface area contributed by atoms with Gasteiger partial charge in [0.25, 0.3) is 0 Å². The summed E-state index contributed by atoms with van der Waals surface area (Å²) in [7, 11) is 4.41. The van der Waals surface area contributed by atoms with Gasteiger partial charge in [0.05, 0.1) is 19.1 Å². The van der Waals surface area contributed by atoms with Crippen LogP contribution in [0.4, 0.5) is 0 Å². The number of hydrogen-bond donors (Lipinski definition) is 1. The minimum atomic E-state index is 0.720. The SMILES string of the molecule is CN[N+]1(C)CC2CCC(C1)N2C(C)C. The zero-order valence-corrected chi connectivity index (χ0v) is 9.95. The predicted octanol–water partition coefficient (Wildman–Crippen LogP) is 0.822. The zero-order valence-electron chi connectivity index (χ0n) is 9.95. The van der Waals surface area contributed by atoms with E-state index >= 15 is 0 Å². The number of hydrogen-bond acceptors (Lipinski definition) is 2. The molecule has 82 valence electrons. The Morgan fingerprint density at radius 3 is 2.07 bits per heavy atom. The van der Waals surface area contributed by atoms with E-state index in [1.165, 1.54) is 25.9 Å². The molecule has 1 N–H and O–H groups in total. The van der Waals surface area contributed by atoms with Crippen LogP contribution in [0, 0.1) is 0 Å². The first-order valence-corrected chi connectivity index (χ1v) is 5.87. The maximum absolute atomic E-state index is 3.45. The summed E-state index contributed by atoms with van der Waals surface area (Å²) in [5.74, 6) is 0. The Morgan fingerprint density at radius 1 is 1.21 bits per heavy atom. The minimum absolute atomic E-state index is 0.720. The Morgan fingerprint density at radius 2 is 1.71 bits per heavy atom. The van der Waals surface area contributed by atoms with Gasteiger partial charge in [-0.3, -0.25) is 4.90 Å². The molecule has 0 saturated carbocycles. The molecule has 0 aromatic carbocycles. The lowest BCUT2D eigenvalue weighted by molar-refractivity contribution is -0.957. The lowest BCUT2D eigenvalue weighted by Gasteiger charge is -2.46. The molecule has 14 heavy (non-hydrogen) atoms. The van der Waals surface area contributed by atoms with Crippen LogP contribution in [0.25, 0.3) is 0 Å². The molecule has 0 radical (unpaired) electrons. The second-order valence-corrected chi connectivity index (χ2v) is 5.41. The van der Waals surface area contributed by atoms with Crippen LogP contribution in [-0.4, -0.2) is 54.8 Å². The Balaban J connectivity index is 2.12. The lowest BCUT2D eigenvalue weighted by atomic mass is 10.1. The number of piperazine rings is 1. The van der Waals surface area contributed by atoms with Crippen LogP contribution in [0.3, 0.4) is 0 Å². The topological polar surface area (TPSA) is 15.3 Å². The molecule has 2 unspecified atom stereocenters. The van der Waals surface area contributed by atoms with Gasteiger partial charge in [-0.15, -0.1) is 0 Å². The first-order valence-electron chi connectivity index (χ1n) is 5.87. The van der Waals surface area contributed by atoms with Crippen molar-refractivity contribution in [2.75, 3.05) is 27.2 Å². The molecule has 2 aliphatic rings. The van der Waals surface area contributed by atoms with E-state index in [4.69, 9.17) is 0 Å². The van der Waals surface area contributed by atoms with Crippen LogP contribution >= 0.6 is 0 Å². The van der Waals surface area contributed by atoms with Crippen LogP contribution in [-0.2, 0) is 0 Å². The highest BCUT2D eigenvalue weighted by molar-refractivity contribution is 4.92. The summed E-state index contributed by atoms with van der Waals surface area (Å²) >= 11 is 0. The van der Waals surface area contributed by atoms with Crippen molar-refractivity contribution in [1.29, 1.82) is 0 Å². The average molecular weight is 198 g/mol. The van der Waals surface area contributed by atoms with E-state index in [9.17, 15) is 0 Å². The van der Waals surface area contributed by atoms with Crippen molar-refractivity contribution in [2.24, 2.45) is 0 Å². The Bertz CT molecular complexity index is 201. The molecule has 0 amide bonds. The van der Waals surface area contributed by atoms with E-state index in [0.29, 0.717) is 0 Å². The van der Waals surface area contributed by atoms with E-state index in [1.807, 2.05) is 0 Å². The maximum Gasteiger partial charge on any atom is 0.112 e. The van der Waals surface area contributed by atoms with Crippen molar-refractivity contribution < 1.29 is 4.59 Å². The summed E-state index contributed by atoms with van der Waals surface area (Å²) in [5.41, 5.74) is 3.45. The first-order chi connectivity index (χ1) is 6.56. The van der Waals surface area contributed by atoms with Crippen LogP contribution in [0.15, 0.2) is 0 Å². The zero-order chi connectivity index (χ0) is 10.3. The third-order valence-corrected chi connectivity index (χ3v) is 4.04. The summed E-state index contributed by atoms with van der Waals surface area (Å²) in [6.07, 6.45) is 2.80. The molecule has 2 saturated heterocycles. The van der Waals surface area contributed by atoms with Gasteiger partial charge < -0.3 is 0 Å². The number of fused-ring (bicyclic) bond motifs is 2. The van der Waals surface area contributed by atoms with E-state index < -0.39 is 0 Å². The van der Waals surface area contributed by atoms with Gasteiger partial charge in [0, 0.05) is 13.1 Å². The Labute approximate surface area is 87.6 Å². The van der Waals surface area contributed by atoms with E-state index in [1.54, 1.807) is 0 Å².